The summed E-state index contributed by atoms with van der Waals surface area (Å²) in [4.78, 5) is 57.5. The van der Waals surface area contributed by atoms with Crippen LogP contribution in [0.2, 0.25) is 0 Å². The van der Waals surface area contributed by atoms with Crippen molar-refractivity contribution in [1.29, 1.82) is 0 Å². The molecule has 0 spiro atoms. The number of nitrogens with zero attached hydrogens (tertiary/aromatic N) is 2. The molecular formula is C35H37N3O5. The Hall–Kier alpha value is -4.46. The van der Waals surface area contributed by atoms with Gasteiger partial charge in [0.1, 0.15) is 23.6 Å². The lowest BCUT2D eigenvalue weighted by atomic mass is 9.84. The molecule has 0 bridgehead atoms. The molecule has 3 atom stereocenters. The monoisotopic (exact) mass is 579 g/mol. The molecule has 2 saturated heterocycles. The first-order chi connectivity index (χ1) is 21.0. The van der Waals surface area contributed by atoms with Crippen molar-refractivity contribution in [2.24, 2.45) is 5.92 Å². The number of hydrogen-bond acceptors (Lipinski definition) is 5. The topological polar surface area (TPSA) is 96.0 Å². The SMILES string of the molecule is O=C(NC(CC1CCCCC1)C(=O)N1CCC2C1C(=O)CN2C(=O)c1ccccc1)c1cccc(Oc2ccccc2)c1. The summed E-state index contributed by atoms with van der Waals surface area (Å²) in [6.07, 6.45) is 6.51. The Labute approximate surface area is 252 Å². The van der Waals surface area contributed by atoms with Crippen LogP contribution in [0.1, 0.15) is 65.7 Å². The molecule has 3 aromatic rings. The van der Waals surface area contributed by atoms with Crippen LogP contribution in [0.4, 0.5) is 0 Å². The maximum absolute atomic E-state index is 14.2. The fourth-order valence-electron chi connectivity index (χ4n) is 6.83. The number of nitrogens with one attached hydrogen (secondary N) is 1. The van der Waals surface area contributed by atoms with Crippen LogP contribution in [-0.4, -0.2) is 64.5 Å². The van der Waals surface area contributed by atoms with Crippen LogP contribution in [0, 0.1) is 5.92 Å². The highest BCUT2D eigenvalue weighted by atomic mass is 16.5. The van der Waals surface area contributed by atoms with Crippen molar-refractivity contribution in [2.45, 2.75) is 63.1 Å². The van der Waals surface area contributed by atoms with Crippen LogP contribution in [0.25, 0.3) is 0 Å². The molecule has 2 aliphatic heterocycles. The summed E-state index contributed by atoms with van der Waals surface area (Å²) in [6.45, 7) is 0.358. The van der Waals surface area contributed by atoms with Gasteiger partial charge in [0, 0.05) is 17.7 Å². The first-order valence-electron chi connectivity index (χ1n) is 15.3. The second-order valence-corrected chi connectivity index (χ2v) is 11.8. The van der Waals surface area contributed by atoms with Crippen molar-refractivity contribution in [3.8, 4) is 11.5 Å². The average Bonchev–Trinajstić information content (AvgIpc) is 3.63. The molecule has 3 aromatic carbocycles. The third-order valence-electron chi connectivity index (χ3n) is 8.96. The van der Waals surface area contributed by atoms with E-state index in [1.807, 2.05) is 36.4 Å². The smallest absolute Gasteiger partial charge is 0.254 e. The second kappa shape index (κ2) is 12.8. The van der Waals surface area contributed by atoms with Crippen molar-refractivity contribution in [1.82, 2.24) is 15.1 Å². The first kappa shape index (κ1) is 28.6. The number of hydrogen-bond donors (Lipinski definition) is 1. The van der Waals surface area contributed by atoms with E-state index in [9.17, 15) is 19.2 Å². The van der Waals surface area contributed by atoms with Gasteiger partial charge in [0.25, 0.3) is 11.8 Å². The molecule has 8 heteroatoms. The third kappa shape index (κ3) is 6.33. The van der Waals surface area contributed by atoms with E-state index in [1.165, 1.54) is 6.42 Å². The molecule has 3 fully saturated rings. The Kier molecular flexibility index (Phi) is 8.54. The van der Waals surface area contributed by atoms with Crippen molar-refractivity contribution in [3.05, 3.63) is 96.1 Å². The van der Waals surface area contributed by atoms with Crippen LogP contribution in [0.5, 0.6) is 11.5 Å². The quantitative estimate of drug-likeness (QED) is 0.394. The zero-order chi connectivity index (χ0) is 29.8. The molecule has 0 radical (unpaired) electrons. The summed E-state index contributed by atoms with van der Waals surface area (Å²) in [5.74, 6) is 0.581. The van der Waals surface area contributed by atoms with Crippen molar-refractivity contribution in [3.63, 3.8) is 0 Å². The van der Waals surface area contributed by atoms with Gasteiger partial charge in [0.2, 0.25) is 5.91 Å². The van der Waals surface area contributed by atoms with Gasteiger partial charge < -0.3 is 19.9 Å². The summed E-state index contributed by atoms with van der Waals surface area (Å²) in [5.41, 5.74) is 0.924. The minimum Gasteiger partial charge on any atom is -0.457 e. The Morgan fingerprint density at radius 1 is 0.791 bits per heavy atom. The van der Waals surface area contributed by atoms with Crippen LogP contribution < -0.4 is 10.1 Å². The Morgan fingerprint density at radius 2 is 1.47 bits per heavy atom. The Bertz CT molecular complexity index is 1470. The van der Waals surface area contributed by atoms with Crippen LogP contribution >= 0.6 is 0 Å². The molecule has 43 heavy (non-hydrogen) atoms. The highest BCUT2D eigenvalue weighted by Crippen LogP contribution is 2.33. The predicted octanol–water partition coefficient (Wildman–Crippen LogP) is 5.24. The molecule has 0 aromatic heterocycles. The van der Waals surface area contributed by atoms with Crippen LogP contribution in [-0.2, 0) is 9.59 Å². The molecule has 8 nitrogen and oxygen atoms in total. The van der Waals surface area contributed by atoms with Gasteiger partial charge in [-0.15, -0.1) is 0 Å². The molecule has 6 rings (SSSR count). The molecule has 1 aliphatic carbocycles. The fourth-order valence-corrected chi connectivity index (χ4v) is 6.83. The Morgan fingerprint density at radius 3 is 2.21 bits per heavy atom. The number of ketones is 1. The lowest BCUT2D eigenvalue weighted by Crippen LogP contribution is -2.53. The van der Waals surface area contributed by atoms with Gasteiger partial charge in [-0.25, -0.2) is 0 Å². The number of rotatable bonds is 8. The van der Waals surface area contributed by atoms with Crippen molar-refractivity contribution >= 4 is 23.5 Å². The number of fused-ring (bicyclic) bond motifs is 1. The van der Waals surface area contributed by atoms with E-state index in [1.54, 1.807) is 58.3 Å². The van der Waals surface area contributed by atoms with E-state index in [4.69, 9.17) is 4.74 Å². The zero-order valence-electron chi connectivity index (χ0n) is 24.2. The highest BCUT2D eigenvalue weighted by Gasteiger charge is 2.52. The average molecular weight is 580 g/mol. The lowest BCUT2D eigenvalue weighted by Gasteiger charge is -2.31. The molecule has 3 aliphatic rings. The van der Waals surface area contributed by atoms with E-state index < -0.39 is 12.1 Å². The normalized spacial score (nSPS) is 20.9. The molecule has 1 saturated carbocycles. The largest absolute Gasteiger partial charge is 0.457 e. The molecule has 1 N–H and O–H groups in total. The standard InChI is InChI=1S/C35H37N3O5/c39-31-23-38(34(41)25-13-6-2-7-14-25)30-19-20-37(32(30)31)35(42)29(21-24-11-4-1-5-12-24)36-33(40)26-15-10-18-28(22-26)43-27-16-8-3-9-17-27/h2-3,6-10,13-18,22,24,29-30,32H,1,4-5,11-12,19-21,23H2,(H,36,40). The maximum Gasteiger partial charge on any atom is 0.254 e. The number of para-hydroxylation sites is 1. The van der Waals surface area contributed by atoms with Gasteiger partial charge in [0.15, 0.2) is 5.78 Å². The zero-order valence-corrected chi connectivity index (χ0v) is 24.2. The molecule has 2 heterocycles. The van der Waals surface area contributed by atoms with Crippen LogP contribution in [0.3, 0.4) is 0 Å². The van der Waals surface area contributed by atoms with Gasteiger partial charge >= 0.3 is 0 Å². The molecule has 3 unspecified atom stereocenters. The van der Waals surface area contributed by atoms with E-state index in [-0.39, 0.29) is 36.1 Å². The van der Waals surface area contributed by atoms with E-state index >= 15 is 0 Å². The number of ether oxygens (including phenoxy) is 1. The van der Waals surface area contributed by atoms with Crippen molar-refractivity contribution < 1.29 is 23.9 Å². The first-order valence-corrected chi connectivity index (χ1v) is 15.3. The number of carbonyl (C=O) groups is 4. The van der Waals surface area contributed by atoms with Gasteiger partial charge in [0.05, 0.1) is 12.6 Å². The summed E-state index contributed by atoms with van der Waals surface area (Å²) < 4.78 is 5.92. The number of likely N-dealkylation sites (tertiary alicyclic amines) is 2. The minimum atomic E-state index is -0.764. The number of carbonyl (C=O) groups excluding carboxylic acids is 4. The van der Waals surface area contributed by atoms with Gasteiger partial charge in [-0.3, -0.25) is 19.2 Å². The number of benzene rings is 3. The Balaban J connectivity index is 1.19. The highest BCUT2D eigenvalue weighted by molar-refractivity contribution is 6.03. The third-order valence-corrected chi connectivity index (χ3v) is 8.96. The van der Waals surface area contributed by atoms with E-state index in [0.29, 0.717) is 47.9 Å². The van der Waals surface area contributed by atoms with E-state index in [0.717, 1.165) is 25.7 Å². The van der Waals surface area contributed by atoms with E-state index in [2.05, 4.69) is 5.32 Å². The van der Waals surface area contributed by atoms with Gasteiger partial charge in [-0.05, 0) is 61.2 Å². The number of Topliss-reactive ketones (excluding diaryl/α,β-unsaturated/α-hetero) is 1. The fraction of sp³-hybridized carbons (Fsp3) is 0.371. The molecule has 222 valence electrons. The predicted molar refractivity (Wildman–Crippen MR) is 162 cm³/mol. The minimum absolute atomic E-state index is 0.0132. The summed E-state index contributed by atoms with van der Waals surface area (Å²) in [5, 5.41) is 3.03. The second-order valence-electron chi connectivity index (χ2n) is 11.8. The summed E-state index contributed by atoms with van der Waals surface area (Å²) in [6, 6.07) is 23.4. The summed E-state index contributed by atoms with van der Waals surface area (Å²) in [7, 11) is 0. The van der Waals surface area contributed by atoms with Crippen molar-refractivity contribution in [2.75, 3.05) is 13.1 Å². The molecular weight excluding hydrogens is 542 g/mol. The number of amides is 3. The maximum atomic E-state index is 14.2. The lowest BCUT2D eigenvalue weighted by molar-refractivity contribution is -0.138. The van der Waals surface area contributed by atoms with Crippen LogP contribution in [0.15, 0.2) is 84.9 Å². The van der Waals surface area contributed by atoms with Gasteiger partial charge in [-0.2, -0.15) is 0 Å². The molecule has 3 amide bonds. The summed E-state index contributed by atoms with van der Waals surface area (Å²) >= 11 is 0. The van der Waals surface area contributed by atoms with Gasteiger partial charge in [-0.1, -0.05) is 74.6 Å².